The molecule has 4 nitrogen and oxygen atoms in total. The van der Waals surface area contributed by atoms with Crippen LogP contribution in [0.4, 0.5) is 11.4 Å². The summed E-state index contributed by atoms with van der Waals surface area (Å²) < 4.78 is 6.80. The van der Waals surface area contributed by atoms with Crippen molar-refractivity contribution in [2.75, 3.05) is 6.61 Å². The molecular formula is C57H75N3O. The molecule has 0 fully saturated rings. The van der Waals surface area contributed by atoms with E-state index in [4.69, 9.17) is 19.7 Å². The van der Waals surface area contributed by atoms with Crippen LogP contribution in [0.1, 0.15) is 174 Å². The number of pyridine rings is 1. The van der Waals surface area contributed by atoms with Gasteiger partial charge in [-0.2, -0.15) is 0 Å². The number of para-hydroxylation sites is 1. The molecule has 1 aromatic heterocycles. The van der Waals surface area contributed by atoms with Crippen LogP contribution in [-0.2, 0) is 5.41 Å². The number of rotatable bonds is 26. The molecule has 0 aliphatic carbocycles. The molecule has 0 unspecified atom stereocenters. The van der Waals surface area contributed by atoms with Gasteiger partial charge in [0, 0.05) is 11.1 Å². The van der Waals surface area contributed by atoms with Crippen molar-refractivity contribution in [1.82, 2.24) is 4.98 Å². The summed E-state index contributed by atoms with van der Waals surface area (Å²) in [5.74, 6) is 0.920. The molecule has 0 bridgehead atoms. The van der Waals surface area contributed by atoms with Crippen molar-refractivity contribution >= 4 is 22.8 Å². The van der Waals surface area contributed by atoms with Crippen molar-refractivity contribution in [3.05, 3.63) is 132 Å². The average molecular weight is 818 g/mol. The first kappa shape index (κ1) is 47.2. The van der Waals surface area contributed by atoms with Crippen molar-refractivity contribution in [1.29, 1.82) is 0 Å². The normalized spacial score (nSPS) is 12.2. The fraction of sp³-hybridized carbons (Fsp3) is 0.456. The van der Waals surface area contributed by atoms with Gasteiger partial charge in [-0.25, -0.2) is 4.98 Å². The van der Waals surface area contributed by atoms with E-state index in [0.717, 1.165) is 68.6 Å². The van der Waals surface area contributed by atoms with Crippen molar-refractivity contribution in [2.45, 2.75) is 163 Å². The minimum Gasteiger partial charge on any atom is -0.492 e. The lowest BCUT2D eigenvalue weighted by atomic mass is 9.86. The van der Waals surface area contributed by atoms with Gasteiger partial charge in [0.05, 0.1) is 40.8 Å². The van der Waals surface area contributed by atoms with Crippen molar-refractivity contribution in [3.8, 4) is 28.0 Å². The van der Waals surface area contributed by atoms with Crippen LogP contribution in [-0.4, -0.2) is 23.0 Å². The quantitative estimate of drug-likeness (QED) is 0.0412. The predicted octanol–water partition coefficient (Wildman–Crippen LogP) is 17.4. The molecule has 0 aliphatic heterocycles. The Bertz CT molecular complexity index is 2010. The van der Waals surface area contributed by atoms with E-state index in [2.05, 4.69) is 119 Å². The second-order valence-electron chi connectivity index (χ2n) is 18.0. The van der Waals surface area contributed by atoms with Crippen LogP contribution in [0.15, 0.2) is 125 Å². The number of hydrogen-bond acceptors (Lipinski definition) is 4. The molecule has 0 aliphatic rings. The van der Waals surface area contributed by atoms with Gasteiger partial charge in [-0.3, -0.25) is 9.98 Å². The first-order chi connectivity index (χ1) is 29.7. The maximum Gasteiger partial charge on any atom is 0.135 e. The third kappa shape index (κ3) is 15.9. The third-order valence-corrected chi connectivity index (χ3v) is 11.8. The first-order valence-corrected chi connectivity index (χ1v) is 23.8. The summed E-state index contributed by atoms with van der Waals surface area (Å²) in [5.41, 5.74) is 10.8. The number of nitrogens with zero attached hydrogens (tertiary/aromatic N) is 3. The molecule has 0 N–H and O–H groups in total. The highest BCUT2D eigenvalue weighted by atomic mass is 16.5. The minimum absolute atomic E-state index is 0.0120. The molecule has 61 heavy (non-hydrogen) atoms. The highest BCUT2D eigenvalue weighted by molar-refractivity contribution is 6.02. The van der Waals surface area contributed by atoms with Gasteiger partial charge in [0.2, 0.25) is 0 Å². The number of aliphatic imine (C=N–C) groups is 2. The summed E-state index contributed by atoms with van der Waals surface area (Å²) in [6.07, 6.45) is 24.6. The van der Waals surface area contributed by atoms with E-state index < -0.39 is 0 Å². The highest BCUT2D eigenvalue weighted by Crippen LogP contribution is 2.43. The Labute approximate surface area is 370 Å². The van der Waals surface area contributed by atoms with Crippen LogP contribution in [0.25, 0.3) is 22.3 Å². The zero-order valence-corrected chi connectivity index (χ0v) is 38.7. The zero-order chi connectivity index (χ0) is 43.1. The summed E-state index contributed by atoms with van der Waals surface area (Å²) in [5, 5.41) is 0. The van der Waals surface area contributed by atoms with Crippen LogP contribution in [0.2, 0.25) is 0 Å². The van der Waals surface area contributed by atoms with Crippen molar-refractivity contribution in [2.24, 2.45) is 9.98 Å². The smallest absolute Gasteiger partial charge is 0.135 e. The van der Waals surface area contributed by atoms with Gasteiger partial charge in [0.25, 0.3) is 0 Å². The van der Waals surface area contributed by atoms with E-state index in [1.165, 1.54) is 115 Å². The van der Waals surface area contributed by atoms with Gasteiger partial charge in [0.1, 0.15) is 5.75 Å². The molecule has 5 rings (SSSR count). The Morgan fingerprint density at radius 1 is 0.492 bits per heavy atom. The van der Waals surface area contributed by atoms with E-state index in [9.17, 15) is 0 Å². The minimum atomic E-state index is -0.0120. The molecular weight excluding hydrogens is 743 g/mol. The molecule has 4 aromatic carbocycles. The second-order valence-corrected chi connectivity index (χ2v) is 18.0. The third-order valence-electron chi connectivity index (χ3n) is 11.8. The molecule has 0 atom stereocenters. The number of hydrogen-bond donors (Lipinski definition) is 0. The van der Waals surface area contributed by atoms with Crippen LogP contribution in [0.5, 0.6) is 5.75 Å². The molecule has 0 saturated heterocycles. The Morgan fingerprint density at radius 2 is 0.918 bits per heavy atom. The largest absolute Gasteiger partial charge is 0.492 e. The van der Waals surface area contributed by atoms with Gasteiger partial charge in [0.15, 0.2) is 0 Å². The van der Waals surface area contributed by atoms with E-state index in [1.54, 1.807) is 0 Å². The summed E-state index contributed by atoms with van der Waals surface area (Å²) in [6.45, 7) is 13.7. The topological polar surface area (TPSA) is 46.8 Å². The number of benzene rings is 4. The van der Waals surface area contributed by atoms with Gasteiger partial charge >= 0.3 is 0 Å². The predicted molar refractivity (Wildman–Crippen MR) is 265 cm³/mol. The fourth-order valence-electron chi connectivity index (χ4n) is 8.21. The summed E-state index contributed by atoms with van der Waals surface area (Å²) in [6, 6.07) is 40.0. The first-order valence-electron chi connectivity index (χ1n) is 23.8. The van der Waals surface area contributed by atoms with Crippen LogP contribution in [0, 0.1) is 0 Å². The maximum atomic E-state index is 6.80. The Hall–Kier alpha value is -4.83. The van der Waals surface area contributed by atoms with Gasteiger partial charge in [-0.1, -0.05) is 222 Å². The van der Waals surface area contributed by atoms with E-state index in [-0.39, 0.29) is 5.41 Å². The number of ether oxygens (including phenoxy) is 1. The SMILES string of the molecule is CCCCCCCCCCCCCCCCCCCCOc1c(-c2ccccc2)cc(N=C(C)c2cccc(C(C)=Nc3ccccc3C(C)(C)C)n2)cc1-c1ccccc1. The highest BCUT2D eigenvalue weighted by Gasteiger charge is 2.19. The molecule has 0 amide bonds. The lowest BCUT2D eigenvalue weighted by Crippen LogP contribution is -2.11. The molecule has 0 radical (unpaired) electrons. The van der Waals surface area contributed by atoms with Gasteiger partial charge in [-0.15, -0.1) is 0 Å². The van der Waals surface area contributed by atoms with Crippen LogP contribution in [0.3, 0.4) is 0 Å². The zero-order valence-electron chi connectivity index (χ0n) is 38.7. The Morgan fingerprint density at radius 3 is 1.39 bits per heavy atom. The van der Waals surface area contributed by atoms with Crippen molar-refractivity contribution in [3.63, 3.8) is 0 Å². The van der Waals surface area contributed by atoms with Gasteiger partial charge in [-0.05, 0) is 72.7 Å². The Kier molecular flexibility index (Phi) is 20.0. The molecule has 1 heterocycles. The standard InChI is InChI=1S/C57H75N3O/c1-7-8-9-10-11-12-13-14-15-16-17-18-19-20-21-22-23-32-42-61-56-50(47-34-26-24-27-35-47)43-49(44-51(56)48-36-28-25-29-37-48)58-45(2)53-40-33-41-54(60-53)46(3)59-55-39-31-30-38-52(55)57(4,5)6/h24-31,33-41,43-44H,7-23,32,42H2,1-6H3. The average Bonchev–Trinajstić information content (AvgIpc) is 3.27. The molecule has 0 spiro atoms. The van der Waals surface area contributed by atoms with Crippen molar-refractivity contribution < 1.29 is 4.74 Å². The molecule has 4 heteroatoms. The maximum absolute atomic E-state index is 6.80. The van der Waals surface area contributed by atoms with Gasteiger partial charge < -0.3 is 4.74 Å². The van der Waals surface area contributed by atoms with Crippen LogP contribution >= 0.6 is 0 Å². The van der Waals surface area contributed by atoms with Crippen LogP contribution < -0.4 is 4.74 Å². The fourth-order valence-corrected chi connectivity index (χ4v) is 8.21. The molecule has 5 aromatic rings. The lowest BCUT2D eigenvalue weighted by molar-refractivity contribution is 0.306. The summed E-state index contributed by atoms with van der Waals surface area (Å²) in [7, 11) is 0. The molecule has 0 saturated carbocycles. The summed E-state index contributed by atoms with van der Waals surface area (Å²) in [4.78, 5) is 15.3. The van der Waals surface area contributed by atoms with E-state index in [1.807, 2.05) is 38.1 Å². The second kappa shape index (κ2) is 25.8. The number of aromatic nitrogens is 1. The lowest BCUT2D eigenvalue weighted by Gasteiger charge is -2.21. The monoisotopic (exact) mass is 818 g/mol. The van der Waals surface area contributed by atoms with E-state index >= 15 is 0 Å². The molecule has 324 valence electrons. The Balaban J connectivity index is 1.21. The van der Waals surface area contributed by atoms with E-state index in [0.29, 0.717) is 6.61 Å². The summed E-state index contributed by atoms with van der Waals surface area (Å²) >= 11 is 0. The number of unbranched alkanes of at least 4 members (excludes halogenated alkanes) is 17.